The van der Waals surface area contributed by atoms with Gasteiger partial charge >= 0.3 is 0 Å². The van der Waals surface area contributed by atoms with Crippen LogP contribution in [-0.4, -0.2) is 72.8 Å². The minimum absolute atomic E-state index is 0.00632. The van der Waals surface area contributed by atoms with Crippen LogP contribution in [0.25, 0.3) is 0 Å². The smallest absolute Gasteiger partial charge is 0.246 e. The van der Waals surface area contributed by atoms with Crippen molar-refractivity contribution in [3.63, 3.8) is 0 Å². The number of nitrogens with zero attached hydrogens (tertiary/aromatic N) is 2. The molecule has 1 aliphatic heterocycles. The molecule has 1 fully saturated rings. The summed E-state index contributed by atoms with van der Waals surface area (Å²) in [5, 5.41) is 2.84. The van der Waals surface area contributed by atoms with Gasteiger partial charge in [0.05, 0.1) is 25.0 Å². The van der Waals surface area contributed by atoms with Crippen LogP contribution >= 0.6 is 0 Å². The number of nitrogens with one attached hydrogen (secondary N) is 1. The normalized spacial score (nSPS) is 17.2. The summed E-state index contributed by atoms with van der Waals surface area (Å²) in [6.07, 6.45) is 1.10. The molecule has 1 N–H and O–H groups in total. The Labute approximate surface area is 206 Å². The Kier molecular flexibility index (Phi) is 8.42. The number of hydrogen-bond donors (Lipinski definition) is 1. The van der Waals surface area contributed by atoms with E-state index < -0.39 is 26.0 Å². The van der Waals surface area contributed by atoms with Gasteiger partial charge in [-0.05, 0) is 42.7 Å². The maximum atomic E-state index is 13.3. The molecule has 1 atom stereocenters. The average Bonchev–Trinajstić information content (AvgIpc) is 2.87. The van der Waals surface area contributed by atoms with E-state index in [0.717, 1.165) is 9.87 Å². The second kappa shape index (κ2) is 10.9. The molecule has 1 saturated heterocycles. The van der Waals surface area contributed by atoms with Gasteiger partial charge in [-0.2, -0.15) is 4.31 Å². The summed E-state index contributed by atoms with van der Waals surface area (Å²) in [4.78, 5) is 13.0. The number of amides is 1. The summed E-state index contributed by atoms with van der Waals surface area (Å²) >= 11 is 0. The molecule has 0 spiro atoms. The van der Waals surface area contributed by atoms with Crippen LogP contribution in [0.3, 0.4) is 0 Å². The summed E-state index contributed by atoms with van der Waals surface area (Å²) in [7, 11) is -1.67. The molecule has 2 aromatic rings. The predicted octanol–water partition coefficient (Wildman–Crippen LogP) is 1.67. The minimum atomic E-state index is -3.91. The van der Waals surface area contributed by atoms with Gasteiger partial charge < -0.3 is 14.8 Å². The highest BCUT2D eigenvalue weighted by molar-refractivity contribution is 7.89. The van der Waals surface area contributed by atoms with Crippen molar-refractivity contribution in [1.29, 1.82) is 0 Å². The highest BCUT2D eigenvalue weighted by Crippen LogP contribution is 2.32. The molecule has 1 unspecified atom stereocenters. The predicted molar refractivity (Wildman–Crippen MR) is 130 cm³/mol. The Hall–Kier alpha value is -2.67. The fourth-order valence-electron chi connectivity index (χ4n) is 3.82. The second-order valence-corrected chi connectivity index (χ2v) is 12.4. The quantitative estimate of drug-likeness (QED) is 0.528. The van der Waals surface area contributed by atoms with E-state index in [1.54, 1.807) is 18.2 Å². The van der Waals surface area contributed by atoms with Crippen LogP contribution in [0.15, 0.2) is 52.3 Å². The van der Waals surface area contributed by atoms with E-state index in [0.29, 0.717) is 25.1 Å². The van der Waals surface area contributed by atoms with Crippen molar-refractivity contribution in [1.82, 2.24) is 13.9 Å². The maximum Gasteiger partial charge on any atom is 0.246 e. The van der Waals surface area contributed by atoms with Gasteiger partial charge in [0, 0.05) is 39.8 Å². The molecule has 0 aromatic heterocycles. The number of benzene rings is 2. The van der Waals surface area contributed by atoms with Gasteiger partial charge in [-0.3, -0.25) is 4.79 Å². The van der Waals surface area contributed by atoms with Crippen molar-refractivity contribution in [2.45, 2.75) is 29.2 Å². The lowest BCUT2D eigenvalue weighted by Gasteiger charge is -2.31. The SMILES string of the molecule is COc1ccc(OC)c(S(=O)(=O)N2CCCC(C(=O)NCc3ccc(S(=O)(=O)N(C)C)cc3)C2)c1. The number of piperidine rings is 1. The van der Waals surface area contributed by atoms with Crippen molar-refractivity contribution in [3.05, 3.63) is 48.0 Å². The largest absolute Gasteiger partial charge is 0.497 e. The first-order valence-corrected chi connectivity index (χ1v) is 13.9. The molecular weight excluding hydrogens is 494 g/mol. The topological polar surface area (TPSA) is 122 Å². The van der Waals surface area contributed by atoms with Crippen LogP contribution in [0.2, 0.25) is 0 Å². The molecule has 10 nitrogen and oxygen atoms in total. The number of methoxy groups -OCH3 is 2. The Morgan fingerprint density at radius 1 is 1.06 bits per heavy atom. The molecule has 1 heterocycles. The Balaban J connectivity index is 1.68. The molecule has 3 rings (SSSR count). The number of rotatable bonds is 9. The van der Waals surface area contributed by atoms with Crippen molar-refractivity contribution >= 4 is 26.0 Å². The Morgan fingerprint density at radius 3 is 2.34 bits per heavy atom. The molecule has 12 heteroatoms. The van der Waals surface area contributed by atoms with E-state index in [1.165, 1.54) is 56.9 Å². The molecule has 1 aliphatic rings. The zero-order valence-corrected chi connectivity index (χ0v) is 21.9. The Morgan fingerprint density at radius 2 is 1.74 bits per heavy atom. The van der Waals surface area contributed by atoms with Crippen molar-refractivity contribution in [2.24, 2.45) is 5.92 Å². The third-order valence-corrected chi connectivity index (χ3v) is 9.63. The van der Waals surface area contributed by atoms with Gasteiger partial charge in [0.2, 0.25) is 26.0 Å². The fourth-order valence-corrected chi connectivity index (χ4v) is 6.42. The van der Waals surface area contributed by atoms with Crippen LogP contribution < -0.4 is 14.8 Å². The zero-order valence-electron chi connectivity index (χ0n) is 20.2. The standard InChI is InChI=1S/C23H31N3O7S2/c1-25(2)34(28,29)20-10-7-17(8-11-20)15-24-23(27)18-6-5-13-26(16-18)35(30,31)22-14-19(32-3)9-12-21(22)33-4/h7-12,14,18H,5-6,13,15-16H2,1-4H3,(H,24,27). The van der Waals surface area contributed by atoms with E-state index in [-0.39, 0.29) is 34.5 Å². The van der Waals surface area contributed by atoms with E-state index >= 15 is 0 Å². The molecular formula is C23H31N3O7S2. The third kappa shape index (κ3) is 5.95. The molecule has 192 valence electrons. The first-order valence-electron chi connectivity index (χ1n) is 11.0. The van der Waals surface area contributed by atoms with Gasteiger partial charge in [0.15, 0.2) is 0 Å². The lowest BCUT2D eigenvalue weighted by Crippen LogP contribution is -2.45. The number of carbonyl (C=O) groups excluding carboxylic acids is 1. The summed E-state index contributed by atoms with van der Waals surface area (Å²) < 4.78 is 63.9. The summed E-state index contributed by atoms with van der Waals surface area (Å²) in [5.41, 5.74) is 0.734. The van der Waals surface area contributed by atoms with Crippen LogP contribution in [0.4, 0.5) is 0 Å². The molecule has 35 heavy (non-hydrogen) atoms. The first-order chi connectivity index (χ1) is 16.5. The zero-order chi connectivity index (χ0) is 25.8. The molecule has 0 saturated carbocycles. The van der Waals surface area contributed by atoms with Crippen molar-refractivity contribution in [2.75, 3.05) is 41.4 Å². The van der Waals surface area contributed by atoms with Crippen LogP contribution in [0, 0.1) is 5.92 Å². The van der Waals surface area contributed by atoms with Gasteiger partial charge in [0.25, 0.3) is 0 Å². The van der Waals surface area contributed by atoms with Gasteiger partial charge in [-0.1, -0.05) is 12.1 Å². The Bertz CT molecular complexity index is 1260. The molecule has 0 bridgehead atoms. The monoisotopic (exact) mass is 525 g/mol. The van der Waals surface area contributed by atoms with Gasteiger partial charge in [-0.15, -0.1) is 0 Å². The van der Waals surface area contributed by atoms with E-state index in [9.17, 15) is 21.6 Å². The number of hydrogen-bond acceptors (Lipinski definition) is 7. The fraction of sp³-hybridized carbons (Fsp3) is 0.435. The second-order valence-electron chi connectivity index (χ2n) is 8.37. The number of ether oxygens (including phenoxy) is 2. The molecule has 2 aromatic carbocycles. The highest BCUT2D eigenvalue weighted by atomic mass is 32.2. The third-order valence-electron chi connectivity index (χ3n) is 5.91. The maximum absolute atomic E-state index is 13.3. The van der Waals surface area contributed by atoms with Crippen LogP contribution in [-0.2, 0) is 31.4 Å². The van der Waals surface area contributed by atoms with E-state index in [4.69, 9.17) is 9.47 Å². The summed E-state index contributed by atoms with van der Waals surface area (Å²) in [5.74, 6) is -0.173. The number of sulfonamides is 2. The molecule has 0 aliphatic carbocycles. The summed E-state index contributed by atoms with van der Waals surface area (Å²) in [6, 6.07) is 10.8. The average molecular weight is 526 g/mol. The van der Waals surface area contributed by atoms with E-state index in [2.05, 4.69) is 5.32 Å². The molecule has 1 amide bonds. The molecule has 0 radical (unpaired) electrons. The lowest BCUT2D eigenvalue weighted by atomic mass is 9.99. The van der Waals surface area contributed by atoms with Crippen LogP contribution in [0.1, 0.15) is 18.4 Å². The first kappa shape index (κ1) is 26.9. The summed E-state index contributed by atoms with van der Waals surface area (Å²) in [6.45, 7) is 0.552. The number of carbonyl (C=O) groups is 1. The lowest BCUT2D eigenvalue weighted by molar-refractivity contribution is -0.126. The van der Waals surface area contributed by atoms with E-state index in [1.807, 2.05) is 0 Å². The highest BCUT2D eigenvalue weighted by Gasteiger charge is 2.35. The van der Waals surface area contributed by atoms with Gasteiger partial charge in [0.1, 0.15) is 16.4 Å². The van der Waals surface area contributed by atoms with Crippen molar-refractivity contribution < 1.29 is 31.1 Å². The van der Waals surface area contributed by atoms with Gasteiger partial charge in [-0.25, -0.2) is 21.1 Å². The van der Waals surface area contributed by atoms with Crippen LogP contribution in [0.5, 0.6) is 11.5 Å². The van der Waals surface area contributed by atoms with Crippen molar-refractivity contribution in [3.8, 4) is 11.5 Å². The minimum Gasteiger partial charge on any atom is -0.497 e.